The van der Waals surface area contributed by atoms with Crippen LogP contribution in [0.5, 0.6) is 0 Å². The van der Waals surface area contributed by atoms with Gasteiger partial charge in [-0.25, -0.2) is 0 Å². The molecule has 2 rings (SSSR count). The van der Waals surface area contributed by atoms with Crippen molar-refractivity contribution < 1.29 is 12.6 Å². The molecule has 0 aliphatic rings. The Hall–Kier alpha value is -0.910. The van der Waals surface area contributed by atoms with E-state index in [9.17, 15) is 8.42 Å². The first kappa shape index (κ1) is 11.6. The monoisotopic (exact) mass is 300 g/mol. The molecule has 0 atom stereocenters. The molecule has 84 valence electrons. The van der Waals surface area contributed by atoms with Crippen LogP contribution in [0.2, 0.25) is 0 Å². The molecule has 0 spiro atoms. The Kier molecular flexibility index (Phi) is 3.01. The van der Waals surface area contributed by atoms with Crippen LogP contribution in [0.3, 0.4) is 0 Å². The van der Waals surface area contributed by atoms with E-state index in [4.69, 9.17) is 0 Å². The van der Waals surface area contributed by atoms with Crippen molar-refractivity contribution in [1.82, 2.24) is 0 Å². The number of fused-ring (bicyclic) bond motifs is 1. The van der Waals surface area contributed by atoms with Crippen molar-refractivity contribution in [2.45, 2.75) is 4.90 Å². The van der Waals surface area contributed by atoms with E-state index in [1.165, 1.54) is 6.07 Å². The zero-order valence-electron chi connectivity index (χ0n) is 8.48. The SMILES string of the molecule is COS(=O)(=O)c1ccc(Br)c2ccccc12. The topological polar surface area (TPSA) is 43.4 Å². The second-order valence-corrected chi connectivity index (χ2v) is 5.75. The number of rotatable bonds is 2. The molecule has 2 aromatic rings. The highest BCUT2D eigenvalue weighted by molar-refractivity contribution is 9.10. The smallest absolute Gasteiger partial charge is 0.270 e. The first-order chi connectivity index (χ1) is 7.56. The van der Waals surface area contributed by atoms with Crippen LogP contribution < -0.4 is 0 Å². The second kappa shape index (κ2) is 4.16. The fourth-order valence-corrected chi connectivity index (χ4v) is 2.88. The van der Waals surface area contributed by atoms with Crippen LogP contribution in [0.4, 0.5) is 0 Å². The van der Waals surface area contributed by atoms with Crippen LogP contribution in [0.1, 0.15) is 0 Å². The van der Waals surface area contributed by atoms with E-state index in [2.05, 4.69) is 20.1 Å². The summed E-state index contributed by atoms with van der Waals surface area (Å²) in [6, 6.07) is 10.5. The average molecular weight is 301 g/mol. The van der Waals surface area contributed by atoms with Gasteiger partial charge in [0.15, 0.2) is 0 Å². The zero-order valence-corrected chi connectivity index (χ0v) is 10.9. The largest absolute Gasteiger partial charge is 0.297 e. The lowest BCUT2D eigenvalue weighted by Crippen LogP contribution is -2.03. The fourth-order valence-electron chi connectivity index (χ4n) is 1.54. The van der Waals surface area contributed by atoms with Gasteiger partial charge in [0.1, 0.15) is 4.90 Å². The predicted molar refractivity (Wildman–Crippen MR) is 65.8 cm³/mol. The summed E-state index contributed by atoms with van der Waals surface area (Å²) in [6.45, 7) is 0. The molecule has 0 fully saturated rings. The molecule has 16 heavy (non-hydrogen) atoms. The van der Waals surface area contributed by atoms with E-state index < -0.39 is 10.1 Å². The highest BCUT2D eigenvalue weighted by Crippen LogP contribution is 2.29. The standard InChI is InChI=1S/C11H9BrO3S/c1-15-16(13,14)11-7-6-10(12)8-4-2-3-5-9(8)11/h2-7H,1H3. The Labute approximate surface area is 102 Å². The van der Waals surface area contributed by atoms with Crippen molar-refractivity contribution in [3.05, 3.63) is 40.9 Å². The Morgan fingerprint density at radius 3 is 2.31 bits per heavy atom. The maximum Gasteiger partial charge on any atom is 0.297 e. The van der Waals surface area contributed by atoms with Crippen LogP contribution in [-0.2, 0) is 14.3 Å². The van der Waals surface area contributed by atoms with Crippen LogP contribution in [-0.4, -0.2) is 15.5 Å². The maximum absolute atomic E-state index is 11.7. The molecule has 0 N–H and O–H groups in total. The van der Waals surface area contributed by atoms with Gasteiger partial charge in [-0.2, -0.15) is 8.42 Å². The first-order valence-corrected chi connectivity index (χ1v) is 6.74. The molecular formula is C11H9BrO3S. The van der Waals surface area contributed by atoms with Crippen molar-refractivity contribution in [3.8, 4) is 0 Å². The Balaban J connectivity index is 2.88. The summed E-state index contributed by atoms with van der Waals surface area (Å²) in [6.07, 6.45) is 0. The molecule has 0 unspecified atom stereocenters. The molecule has 0 aliphatic heterocycles. The lowest BCUT2D eigenvalue weighted by molar-refractivity contribution is 0.398. The minimum absolute atomic E-state index is 0.189. The molecule has 0 heterocycles. The van der Waals surface area contributed by atoms with Crippen molar-refractivity contribution in [1.29, 1.82) is 0 Å². The second-order valence-electron chi connectivity index (χ2n) is 3.21. The zero-order chi connectivity index (χ0) is 11.8. The van der Waals surface area contributed by atoms with Crippen molar-refractivity contribution in [2.24, 2.45) is 0 Å². The van der Waals surface area contributed by atoms with Gasteiger partial charge >= 0.3 is 0 Å². The number of hydrogen-bond acceptors (Lipinski definition) is 3. The third-order valence-corrected chi connectivity index (χ3v) is 4.34. The van der Waals surface area contributed by atoms with Gasteiger partial charge in [0, 0.05) is 9.86 Å². The summed E-state index contributed by atoms with van der Waals surface area (Å²) in [5.74, 6) is 0. The highest BCUT2D eigenvalue weighted by atomic mass is 79.9. The lowest BCUT2D eigenvalue weighted by atomic mass is 10.1. The lowest BCUT2D eigenvalue weighted by Gasteiger charge is -2.07. The van der Waals surface area contributed by atoms with Gasteiger partial charge in [0.25, 0.3) is 10.1 Å². The molecule has 2 aromatic carbocycles. The van der Waals surface area contributed by atoms with E-state index in [-0.39, 0.29) is 4.90 Å². The first-order valence-electron chi connectivity index (χ1n) is 4.54. The van der Waals surface area contributed by atoms with Gasteiger partial charge < -0.3 is 0 Å². The molecule has 0 radical (unpaired) electrons. The molecule has 0 aromatic heterocycles. The molecule has 0 saturated heterocycles. The predicted octanol–water partition coefficient (Wildman–Crippen LogP) is 2.94. The van der Waals surface area contributed by atoms with Gasteiger partial charge in [-0.05, 0) is 17.5 Å². The van der Waals surface area contributed by atoms with Gasteiger partial charge in [-0.1, -0.05) is 40.2 Å². The third-order valence-electron chi connectivity index (χ3n) is 2.32. The Morgan fingerprint density at radius 1 is 1.06 bits per heavy atom. The van der Waals surface area contributed by atoms with E-state index in [1.807, 2.05) is 12.1 Å². The normalized spacial score (nSPS) is 11.9. The quantitative estimate of drug-likeness (QED) is 0.801. The minimum Gasteiger partial charge on any atom is -0.270 e. The summed E-state index contributed by atoms with van der Waals surface area (Å²) in [4.78, 5) is 0.189. The summed E-state index contributed by atoms with van der Waals surface area (Å²) >= 11 is 3.38. The summed E-state index contributed by atoms with van der Waals surface area (Å²) in [5, 5.41) is 1.50. The Morgan fingerprint density at radius 2 is 1.69 bits per heavy atom. The number of halogens is 1. The third kappa shape index (κ3) is 1.86. The molecular weight excluding hydrogens is 292 g/mol. The molecule has 3 nitrogen and oxygen atoms in total. The molecule has 0 saturated carbocycles. The summed E-state index contributed by atoms with van der Waals surface area (Å²) in [5.41, 5.74) is 0. The van der Waals surface area contributed by atoms with E-state index >= 15 is 0 Å². The molecule has 0 bridgehead atoms. The molecule has 5 heteroatoms. The van der Waals surface area contributed by atoms with Crippen molar-refractivity contribution in [3.63, 3.8) is 0 Å². The van der Waals surface area contributed by atoms with E-state index in [0.29, 0.717) is 5.39 Å². The summed E-state index contributed by atoms with van der Waals surface area (Å²) in [7, 11) is -2.50. The number of hydrogen-bond donors (Lipinski definition) is 0. The van der Waals surface area contributed by atoms with Gasteiger partial charge in [0.05, 0.1) is 7.11 Å². The Bertz CT molecular complexity index is 635. The van der Waals surface area contributed by atoms with Crippen LogP contribution in [0.25, 0.3) is 10.8 Å². The molecule has 0 amide bonds. The van der Waals surface area contributed by atoms with Gasteiger partial charge in [-0.3, -0.25) is 4.18 Å². The number of benzene rings is 2. The summed E-state index contributed by atoms with van der Waals surface area (Å²) < 4.78 is 28.8. The minimum atomic E-state index is -3.66. The highest BCUT2D eigenvalue weighted by Gasteiger charge is 2.17. The van der Waals surface area contributed by atoms with Crippen LogP contribution in [0.15, 0.2) is 45.8 Å². The van der Waals surface area contributed by atoms with Gasteiger partial charge in [-0.15, -0.1) is 0 Å². The fraction of sp³-hybridized carbons (Fsp3) is 0.0909. The average Bonchev–Trinajstić information content (AvgIpc) is 2.29. The molecule has 0 aliphatic carbocycles. The van der Waals surface area contributed by atoms with Crippen molar-refractivity contribution in [2.75, 3.05) is 7.11 Å². The van der Waals surface area contributed by atoms with Crippen molar-refractivity contribution >= 4 is 36.8 Å². The van der Waals surface area contributed by atoms with Crippen LogP contribution in [0, 0.1) is 0 Å². The van der Waals surface area contributed by atoms with E-state index in [0.717, 1.165) is 17.0 Å². The van der Waals surface area contributed by atoms with E-state index in [1.54, 1.807) is 18.2 Å². The van der Waals surface area contributed by atoms with Gasteiger partial charge in [0.2, 0.25) is 0 Å². The maximum atomic E-state index is 11.7. The van der Waals surface area contributed by atoms with Crippen LogP contribution >= 0.6 is 15.9 Å².